The minimum absolute atomic E-state index is 0.0829. The van der Waals surface area contributed by atoms with Gasteiger partial charge >= 0.3 is 0 Å². The van der Waals surface area contributed by atoms with Gasteiger partial charge in [-0.3, -0.25) is 4.79 Å². The van der Waals surface area contributed by atoms with Gasteiger partial charge < -0.3 is 15.0 Å². The Bertz CT molecular complexity index is 534. The molecule has 1 aromatic heterocycles. The first-order valence-corrected chi connectivity index (χ1v) is 5.52. The second kappa shape index (κ2) is 4.97. The van der Waals surface area contributed by atoms with Crippen molar-refractivity contribution in [2.75, 3.05) is 13.2 Å². The number of imidazole rings is 1. The van der Waals surface area contributed by atoms with Crippen molar-refractivity contribution in [2.24, 2.45) is 7.05 Å². The van der Waals surface area contributed by atoms with E-state index < -0.39 is 0 Å². The molecular formula is C12H15N3O2. The highest BCUT2D eigenvalue weighted by Gasteiger charge is 2.07. The molecule has 0 aliphatic heterocycles. The molecular weight excluding hydrogens is 218 g/mol. The number of nitrogens with zero attached hydrogens (tertiary/aromatic N) is 2. The summed E-state index contributed by atoms with van der Waals surface area (Å²) < 4.78 is 1.91. The van der Waals surface area contributed by atoms with Gasteiger partial charge in [0.05, 0.1) is 17.4 Å². The third-order valence-electron chi connectivity index (χ3n) is 2.61. The molecule has 0 saturated heterocycles. The largest absolute Gasteiger partial charge is 0.396 e. The molecule has 0 atom stereocenters. The Kier molecular flexibility index (Phi) is 3.39. The average molecular weight is 233 g/mol. The number of carbonyl (C=O) groups is 1. The third kappa shape index (κ3) is 2.45. The van der Waals surface area contributed by atoms with Crippen molar-refractivity contribution in [3.8, 4) is 0 Å². The van der Waals surface area contributed by atoms with E-state index in [1.807, 2.05) is 17.7 Å². The van der Waals surface area contributed by atoms with Crippen LogP contribution < -0.4 is 5.32 Å². The van der Waals surface area contributed by atoms with E-state index in [1.54, 1.807) is 18.5 Å². The summed E-state index contributed by atoms with van der Waals surface area (Å²) >= 11 is 0. The van der Waals surface area contributed by atoms with Gasteiger partial charge in [-0.05, 0) is 24.6 Å². The van der Waals surface area contributed by atoms with Crippen LogP contribution in [0.25, 0.3) is 11.0 Å². The van der Waals surface area contributed by atoms with Crippen LogP contribution in [-0.4, -0.2) is 33.7 Å². The normalized spacial score (nSPS) is 10.7. The SMILES string of the molecule is Cn1cnc2cc(C(=O)NCCCO)ccc21. The summed E-state index contributed by atoms with van der Waals surface area (Å²) in [5, 5.41) is 11.4. The number of nitrogens with one attached hydrogen (secondary N) is 1. The second-order valence-electron chi connectivity index (χ2n) is 3.89. The molecule has 1 amide bonds. The van der Waals surface area contributed by atoms with E-state index in [2.05, 4.69) is 10.3 Å². The Hall–Kier alpha value is -1.88. The highest BCUT2D eigenvalue weighted by molar-refractivity contribution is 5.97. The Morgan fingerprint density at radius 3 is 3.12 bits per heavy atom. The smallest absolute Gasteiger partial charge is 0.251 e. The molecule has 0 fully saturated rings. The van der Waals surface area contributed by atoms with Gasteiger partial charge in [0, 0.05) is 25.8 Å². The Morgan fingerprint density at radius 1 is 1.53 bits per heavy atom. The molecule has 0 aliphatic rings. The zero-order valence-corrected chi connectivity index (χ0v) is 9.68. The standard InChI is InChI=1S/C12H15N3O2/c1-15-8-14-10-7-9(3-4-11(10)15)12(17)13-5-2-6-16/h3-4,7-8,16H,2,5-6H2,1H3,(H,13,17). The maximum Gasteiger partial charge on any atom is 0.251 e. The van der Waals surface area contributed by atoms with Crippen LogP contribution in [0.15, 0.2) is 24.5 Å². The third-order valence-corrected chi connectivity index (χ3v) is 2.61. The number of hydrogen-bond donors (Lipinski definition) is 2. The lowest BCUT2D eigenvalue weighted by molar-refractivity contribution is 0.0951. The fourth-order valence-corrected chi connectivity index (χ4v) is 1.66. The van der Waals surface area contributed by atoms with Crippen LogP contribution in [0.4, 0.5) is 0 Å². The molecule has 0 bridgehead atoms. The Balaban J connectivity index is 2.15. The quantitative estimate of drug-likeness (QED) is 0.763. The Labute approximate surface area is 99.1 Å². The van der Waals surface area contributed by atoms with Gasteiger partial charge in [0.1, 0.15) is 0 Å². The number of rotatable bonds is 4. The van der Waals surface area contributed by atoms with Crippen molar-refractivity contribution < 1.29 is 9.90 Å². The Morgan fingerprint density at radius 2 is 2.35 bits per heavy atom. The van der Waals surface area contributed by atoms with Crippen molar-refractivity contribution in [1.29, 1.82) is 0 Å². The molecule has 1 aromatic carbocycles. The van der Waals surface area contributed by atoms with E-state index in [0.717, 1.165) is 11.0 Å². The van der Waals surface area contributed by atoms with Crippen LogP contribution in [0.2, 0.25) is 0 Å². The minimum atomic E-state index is -0.133. The molecule has 0 radical (unpaired) electrons. The molecule has 0 saturated carbocycles. The van der Waals surface area contributed by atoms with Crippen LogP contribution in [0, 0.1) is 0 Å². The topological polar surface area (TPSA) is 67.2 Å². The molecule has 90 valence electrons. The van der Waals surface area contributed by atoms with Crippen molar-refractivity contribution >= 4 is 16.9 Å². The zero-order valence-electron chi connectivity index (χ0n) is 9.68. The van der Waals surface area contributed by atoms with Crippen molar-refractivity contribution in [3.63, 3.8) is 0 Å². The molecule has 2 aromatic rings. The number of aliphatic hydroxyl groups excluding tert-OH is 1. The van der Waals surface area contributed by atoms with Gasteiger partial charge in [-0.25, -0.2) is 4.98 Å². The van der Waals surface area contributed by atoms with Gasteiger partial charge in [0.2, 0.25) is 0 Å². The molecule has 1 heterocycles. The van der Waals surface area contributed by atoms with Gasteiger partial charge in [-0.2, -0.15) is 0 Å². The number of aliphatic hydroxyl groups is 1. The summed E-state index contributed by atoms with van der Waals surface area (Å²) in [6.07, 6.45) is 2.29. The number of hydrogen-bond acceptors (Lipinski definition) is 3. The van der Waals surface area contributed by atoms with E-state index in [0.29, 0.717) is 18.5 Å². The highest BCUT2D eigenvalue weighted by Crippen LogP contribution is 2.13. The number of aryl methyl sites for hydroxylation is 1. The summed E-state index contributed by atoms with van der Waals surface area (Å²) in [5.74, 6) is -0.133. The van der Waals surface area contributed by atoms with Crippen LogP contribution >= 0.6 is 0 Å². The minimum Gasteiger partial charge on any atom is -0.396 e. The summed E-state index contributed by atoms with van der Waals surface area (Å²) in [5.41, 5.74) is 2.40. The van der Waals surface area contributed by atoms with Crippen LogP contribution in [0.5, 0.6) is 0 Å². The number of benzene rings is 1. The molecule has 5 nitrogen and oxygen atoms in total. The fourth-order valence-electron chi connectivity index (χ4n) is 1.66. The zero-order chi connectivity index (χ0) is 12.3. The predicted octanol–water partition coefficient (Wildman–Crippen LogP) is 0.685. The first-order valence-electron chi connectivity index (χ1n) is 5.52. The predicted molar refractivity (Wildman–Crippen MR) is 64.8 cm³/mol. The number of amides is 1. The van der Waals surface area contributed by atoms with Gasteiger partial charge in [-0.15, -0.1) is 0 Å². The molecule has 0 aliphatic carbocycles. The lowest BCUT2D eigenvalue weighted by Crippen LogP contribution is -2.24. The molecule has 2 rings (SSSR count). The maximum absolute atomic E-state index is 11.7. The monoisotopic (exact) mass is 233 g/mol. The molecule has 2 N–H and O–H groups in total. The first-order chi connectivity index (χ1) is 8.22. The van der Waals surface area contributed by atoms with E-state index in [-0.39, 0.29) is 12.5 Å². The summed E-state index contributed by atoms with van der Waals surface area (Å²) in [6, 6.07) is 5.42. The average Bonchev–Trinajstić information content (AvgIpc) is 2.71. The van der Waals surface area contributed by atoms with E-state index >= 15 is 0 Å². The van der Waals surface area contributed by atoms with Gasteiger partial charge in [0.25, 0.3) is 5.91 Å². The number of carbonyl (C=O) groups excluding carboxylic acids is 1. The second-order valence-corrected chi connectivity index (χ2v) is 3.89. The van der Waals surface area contributed by atoms with E-state index in [4.69, 9.17) is 5.11 Å². The highest BCUT2D eigenvalue weighted by atomic mass is 16.3. The fraction of sp³-hybridized carbons (Fsp3) is 0.333. The van der Waals surface area contributed by atoms with Crippen LogP contribution in [-0.2, 0) is 7.05 Å². The lowest BCUT2D eigenvalue weighted by Gasteiger charge is -2.04. The summed E-state index contributed by atoms with van der Waals surface area (Å²) in [7, 11) is 1.91. The summed E-state index contributed by atoms with van der Waals surface area (Å²) in [6.45, 7) is 0.565. The van der Waals surface area contributed by atoms with Gasteiger partial charge in [-0.1, -0.05) is 0 Å². The summed E-state index contributed by atoms with van der Waals surface area (Å²) in [4.78, 5) is 15.9. The number of aromatic nitrogens is 2. The van der Waals surface area contributed by atoms with Crippen molar-refractivity contribution in [2.45, 2.75) is 6.42 Å². The number of fused-ring (bicyclic) bond motifs is 1. The lowest BCUT2D eigenvalue weighted by atomic mass is 10.2. The van der Waals surface area contributed by atoms with Crippen LogP contribution in [0.3, 0.4) is 0 Å². The molecule has 0 unspecified atom stereocenters. The van der Waals surface area contributed by atoms with Gasteiger partial charge in [0.15, 0.2) is 0 Å². The maximum atomic E-state index is 11.7. The van der Waals surface area contributed by atoms with Crippen molar-refractivity contribution in [3.05, 3.63) is 30.1 Å². The van der Waals surface area contributed by atoms with E-state index in [9.17, 15) is 4.79 Å². The first kappa shape index (κ1) is 11.6. The van der Waals surface area contributed by atoms with Crippen LogP contribution in [0.1, 0.15) is 16.8 Å². The molecule has 0 spiro atoms. The van der Waals surface area contributed by atoms with Crippen molar-refractivity contribution in [1.82, 2.24) is 14.9 Å². The van der Waals surface area contributed by atoms with E-state index in [1.165, 1.54) is 0 Å². The molecule has 5 heteroatoms. The molecule has 17 heavy (non-hydrogen) atoms.